The Labute approximate surface area is 112 Å². The summed E-state index contributed by atoms with van der Waals surface area (Å²) in [6.07, 6.45) is 3.96. The SMILES string of the molecule is CN(C(=O)C(N)Cc1ccccc1)c1cnn(C)c1. The Balaban J connectivity index is 2.03. The van der Waals surface area contributed by atoms with Crippen LogP contribution >= 0.6 is 0 Å². The molecule has 0 fully saturated rings. The Morgan fingerprint density at radius 1 is 1.42 bits per heavy atom. The number of nitrogens with two attached hydrogens (primary N) is 1. The van der Waals surface area contributed by atoms with Gasteiger partial charge >= 0.3 is 0 Å². The molecule has 1 heterocycles. The van der Waals surface area contributed by atoms with E-state index in [-0.39, 0.29) is 5.91 Å². The first-order valence-corrected chi connectivity index (χ1v) is 6.13. The molecule has 0 radical (unpaired) electrons. The van der Waals surface area contributed by atoms with Gasteiger partial charge < -0.3 is 10.6 Å². The normalized spacial score (nSPS) is 12.2. The molecule has 1 atom stereocenters. The van der Waals surface area contributed by atoms with Gasteiger partial charge in [0.25, 0.3) is 0 Å². The number of hydrogen-bond donors (Lipinski definition) is 1. The quantitative estimate of drug-likeness (QED) is 0.888. The van der Waals surface area contributed by atoms with Crippen LogP contribution < -0.4 is 10.6 Å². The number of hydrogen-bond acceptors (Lipinski definition) is 3. The van der Waals surface area contributed by atoms with E-state index in [1.807, 2.05) is 37.4 Å². The molecule has 0 aliphatic carbocycles. The second-order valence-electron chi connectivity index (χ2n) is 4.57. The zero-order valence-corrected chi connectivity index (χ0v) is 11.2. The van der Waals surface area contributed by atoms with Crippen molar-refractivity contribution in [3.63, 3.8) is 0 Å². The summed E-state index contributed by atoms with van der Waals surface area (Å²) in [7, 11) is 3.52. The molecule has 2 N–H and O–H groups in total. The van der Waals surface area contributed by atoms with Gasteiger partial charge in [-0.05, 0) is 12.0 Å². The topological polar surface area (TPSA) is 64.2 Å². The second-order valence-corrected chi connectivity index (χ2v) is 4.57. The average Bonchev–Trinajstić information content (AvgIpc) is 2.85. The Morgan fingerprint density at radius 3 is 2.68 bits per heavy atom. The van der Waals surface area contributed by atoms with Gasteiger partial charge in [0.2, 0.25) is 5.91 Å². The molecule has 5 heteroatoms. The van der Waals surface area contributed by atoms with Crippen LogP contribution in [0.3, 0.4) is 0 Å². The lowest BCUT2D eigenvalue weighted by molar-refractivity contribution is -0.119. The van der Waals surface area contributed by atoms with Crippen LogP contribution in [-0.4, -0.2) is 28.8 Å². The third kappa shape index (κ3) is 3.20. The highest BCUT2D eigenvalue weighted by atomic mass is 16.2. The predicted molar refractivity (Wildman–Crippen MR) is 74.7 cm³/mol. The summed E-state index contributed by atoms with van der Waals surface area (Å²) >= 11 is 0. The van der Waals surface area contributed by atoms with E-state index in [9.17, 15) is 4.79 Å². The van der Waals surface area contributed by atoms with Gasteiger partial charge in [0, 0.05) is 20.3 Å². The van der Waals surface area contributed by atoms with Crippen molar-refractivity contribution in [2.75, 3.05) is 11.9 Å². The number of carbonyl (C=O) groups excluding carboxylic acids is 1. The molecule has 1 unspecified atom stereocenters. The highest BCUT2D eigenvalue weighted by Crippen LogP contribution is 2.12. The first kappa shape index (κ1) is 13.3. The molecule has 0 aliphatic rings. The van der Waals surface area contributed by atoms with Crippen LogP contribution in [0.5, 0.6) is 0 Å². The summed E-state index contributed by atoms with van der Waals surface area (Å²) < 4.78 is 1.65. The van der Waals surface area contributed by atoms with Crippen LogP contribution in [0.1, 0.15) is 5.56 Å². The maximum absolute atomic E-state index is 12.2. The van der Waals surface area contributed by atoms with Crippen molar-refractivity contribution in [2.24, 2.45) is 12.8 Å². The largest absolute Gasteiger partial charge is 0.320 e. The number of anilines is 1. The molecular formula is C14H18N4O. The van der Waals surface area contributed by atoms with Gasteiger partial charge in [-0.15, -0.1) is 0 Å². The summed E-state index contributed by atoms with van der Waals surface area (Å²) in [5.74, 6) is -0.114. The highest BCUT2D eigenvalue weighted by Gasteiger charge is 2.20. The molecule has 2 rings (SSSR count). The van der Waals surface area contributed by atoms with Crippen LogP contribution in [-0.2, 0) is 18.3 Å². The number of carbonyl (C=O) groups is 1. The van der Waals surface area contributed by atoms with Crippen LogP contribution in [0.15, 0.2) is 42.7 Å². The Kier molecular flexibility index (Phi) is 3.97. The fourth-order valence-electron chi connectivity index (χ4n) is 1.91. The zero-order chi connectivity index (χ0) is 13.8. The monoisotopic (exact) mass is 258 g/mol. The zero-order valence-electron chi connectivity index (χ0n) is 11.2. The number of amides is 1. The molecule has 19 heavy (non-hydrogen) atoms. The van der Waals surface area contributed by atoms with Gasteiger partial charge in [0.05, 0.1) is 17.9 Å². The summed E-state index contributed by atoms with van der Waals surface area (Å²) in [5.41, 5.74) is 7.78. The van der Waals surface area contributed by atoms with Crippen molar-refractivity contribution in [1.82, 2.24) is 9.78 Å². The fraction of sp³-hybridized carbons (Fsp3) is 0.286. The molecule has 0 spiro atoms. The van der Waals surface area contributed by atoms with Crippen LogP contribution in [0.25, 0.3) is 0 Å². The lowest BCUT2D eigenvalue weighted by Gasteiger charge is -2.19. The van der Waals surface area contributed by atoms with Crippen molar-refractivity contribution < 1.29 is 4.79 Å². The highest BCUT2D eigenvalue weighted by molar-refractivity contribution is 5.96. The van der Waals surface area contributed by atoms with Crippen molar-refractivity contribution >= 4 is 11.6 Å². The third-order valence-corrected chi connectivity index (χ3v) is 3.02. The van der Waals surface area contributed by atoms with E-state index in [0.717, 1.165) is 11.3 Å². The molecule has 0 saturated heterocycles. The molecule has 100 valence electrons. The summed E-state index contributed by atoms with van der Waals surface area (Å²) in [6.45, 7) is 0. The van der Waals surface area contributed by atoms with Crippen molar-refractivity contribution in [3.05, 3.63) is 48.3 Å². The summed E-state index contributed by atoms with van der Waals surface area (Å²) in [6, 6.07) is 9.22. The lowest BCUT2D eigenvalue weighted by Crippen LogP contribution is -2.43. The number of likely N-dealkylation sites (N-methyl/N-ethyl adjacent to an activating group) is 1. The predicted octanol–water partition coefficient (Wildman–Crippen LogP) is 0.953. The first-order valence-electron chi connectivity index (χ1n) is 6.13. The van der Waals surface area contributed by atoms with Gasteiger partial charge in [-0.25, -0.2) is 0 Å². The molecule has 0 saturated carbocycles. The molecule has 5 nitrogen and oxygen atoms in total. The number of benzene rings is 1. The van der Waals surface area contributed by atoms with E-state index in [0.29, 0.717) is 6.42 Å². The molecule has 2 aromatic rings. The van der Waals surface area contributed by atoms with Crippen molar-refractivity contribution in [1.29, 1.82) is 0 Å². The smallest absolute Gasteiger partial charge is 0.244 e. The van der Waals surface area contributed by atoms with E-state index in [1.54, 1.807) is 29.0 Å². The standard InChI is InChI=1S/C14H18N4O/c1-17-10-12(9-16-17)18(2)14(19)13(15)8-11-6-4-3-5-7-11/h3-7,9-10,13H,8,15H2,1-2H3. The maximum atomic E-state index is 12.2. The molecule has 0 bridgehead atoms. The summed E-state index contributed by atoms with van der Waals surface area (Å²) in [4.78, 5) is 13.8. The van der Waals surface area contributed by atoms with E-state index in [4.69, 9.17) is 5.73 Å². The second kappa shape index (κ2) is 5.67. The Morgan fingerprint density at radius 2 is 2.11 bits per heavy atom. The molecular weight excluding hydrogens is 240 g/mol. The number of nitrogens with zero attached hydrogens (tertiary/aromatic N) is 3. The lowest BCUT2D eigenvalue weighted by atomic mass is 10.1. The summed E-state index contributed by atoms with van der Waals surface area (Å²) in [5, 5.41) is 4.05. The van der Waals surface area contributed by atoms with Crippen LogP contribution in [0.2, 0.25) is 0 Å². The maximum Gasteiger partial charge on any atom is 0.244 e. The van der Waals surface area contributed by atoms with Gasteiger partial charge in [-0.2, -0.15) is 5.10 Å². The molecule has 0 aliphatic heterocycles. The van der Waals surface area contributed by atoms with Gasteiger partial charge in [0.15, 0.2) is 0 Å². The van der Waals surface area contributed by atoms with Crippen LogP contribution in [0, 0.1) is 0 Å². The van der Waals surface area contributed by atoms with E-state index in [2.05, 4.69) is 5.10 Å². The van der Waals surface area contributed by atoms with Crippen LogP contribution in [0.4, 0.5) is 5.69 Å². The third-order valence-electron chi connectivity index (χ3n) is 3.02. The van der Waals surface area contributed by atoms with Crippen molar-refractivity contribution in [3.8, 4) is 0 Å². The average molecular weight is 258 g/mol. The van der Waals surface area contributed by atoms with E-state index >= 15 is 0 Å². The molecule has 1 aromatic heterocycles. The Hall–Kier alpha value is -2.14. The number of aromatic nitrogens is 2. The molecule has 1 amide bonds. The van der Waals surface area contributed by atoms with Gasteiger partial charge in [0.1, 0.15) is 0 Å². The van der Waals surface area contributed by atoms with E-state index < -0.39 is 6.04 Å². The number of aryl methyl sites for hydroxylation is 1. The first-order chi connectivity index (χ1) is 9.08. The van der Waals surface area contributed by atoms with Crippen molar-refractivity contribution in [2.45, 2.75) is 12.5 Å². The van der Waals surface area contributed by atoms with Gasteiger partial charge in [-0.3, -0.25) is 9.48 Å². The minimum atomic E-state index is -0.549. The minimum Gasteiger partial charge on any atom is -0.320 e. The number of rotatable bonds is 4. The molecule has 1 aromatic carbocycles. The fourth-order valence-corrected chi connectivity index (χ4v) is 1.91. The Bertz CT molecular complexity index is 550. The minimum absolute atomic E-state index is 0.114. The van der Waals surface area contributed by atoms with E-state index in [1.165, 1.54) is 0 Å². The van der Waals surface area contributed by atoms with Gasteiger partial charge in [-0.1, -0.05) is 30.3 Å².